The molecule has 0 fully saturated rings. The predicted molar refractivity (Wildman–Crippen MR) is 78.6 cm³/mol. The highest BCUT2D eigenvalue weighted by Gasteiger charge is 2.99. The topological polar surface area (TPSA) is 74.6 Å². The lowest BCUT2D eigenvalue weighted by molar-refractivity contribution is -0.476. The van der Waals surface area contributed by atoms with Gasteiger partial charge in [0.25, 0.3) is 0 Å². The summed E-state index contributed by atoms with van der Waals surface area (Å²) in [7, 11) is 0. The Balaban J connectivity index is 7.49. The van der Waals surface area contributed by atoms with Gasteiger partial charge in [-0.15, -0.1) is 0 Å². The Bertz CT molecular complexity index is 981. The first-order valence-electron chi connectivity index (χ1n) is 8.88. The van der Waals surface area contributed by atoms with E-state index in [-0.39, 0.29) is 6.92 Å². The first-order valence-corrected chi connectivity index (χ1v) is 8.88. The Kier molecular flexibility index (Phi) is 8.66. The van der Waals surface area contributed by atoms with Gasteiger partial charge in [0.15, 0.2) is 0 Å². The highest BCUT2D eigenvalue weighted by atomic mass is 19.4. The van der Waals surface area contributed by atoms with E-state index in [1.165, 1.54) is 0 Å². The zero-order valence-corrected chi connectivity index (χ0v) is 17.9. The molecule has 238 valence electrons. The number of carboxylic acid groups (broad SMARTS) is 2. The maximum absolute atomic E-state index is 14.2. The second-order valence-corrected chi connectivity index (χ2v) is 7.54. The molecule has 40 heavy (non-hydrogen) atoms. The first-order chi connectivity index (χ1) is 16.9. The van der Waals surface area contributed by atoms with Gasteiger partial charge in [-0.25, -0.2) is 0 Å². The first kappa shape index (κ1) is 37.5. The zero-order valence-electron chi connectivity index (χ0n) is 17.9. The molecule has 0 radical (unpaired) electrons. The molecule has 0 amide bonds. The van der Waals surface area contributed by atoms with Gasteiger partial charge >= 0.3 is 71.4 Å². The summed E-state index contributed by atoms with van der Waals surface area (Å²) in [5.41, 5.74) is -5.74. The number of halogens is 21. The molecule has 0 unspecified atom stereocenters. The maximum Gasteiger partial charge on any atom is 0.460 e. The van der Waals surface area contributed by atoms with E-state index >= 15 is 0 Å². The number of carboxylic acids is 2. The summed E-state index contributed by atoms with van der Waals surface area (Å²) < 4.78 is 280. The molecular formula is C15H7F21O4. The van der Waals surface area contributed by atoms with Gasteiger partial charge < -0.3 is 10.2 Å². The molecular weight excluding hydrogens is 643 g/mol. The number of hydrogen-bond acceptors (Lipinski definition) is 2. The summed E-state index contributed by atoms with van der Waals surface area (Å²) in [5.74, 6) is -88.2. The second kappa shape index (κ2) is 9.24. The van der Waals surface area contributed by atoms with Crippen molar-refractivity contribution in [3.8, 4) is 0 Å². The van der Waals surface area contributed by atoms with Crippen molar-refractivity contribution in [1.29, 1.82) is 0 Å². The standard InChI is InChI=1S/C15H7F21O4/c1-2-5(3(37)38,4(39)40)6(16,17)7(18,19)8(20,21)9(22,23)10(24,25)11(26,27)12(28,29)13(30,31)14(32,33)15(34,35)36/h2H2,1H3,(H,37,38)(H,39,40). The maximum atomic E-state index is 14.2. The third-order valence-electron chi connectivity index (χ3n) is 5.31. The molecule has 0 aliphatic rings. The minimum Gasteiger partial charge on any atom is -0.480 e. The number of rotatable bonds is 12. The van der Waals surface area contributed by atoms with Gasteiger partial charge in [0.05, 0.1) is 0 Å². The predicted octanol–water partition coefficient (Wildman–Crippen LogP) is 6.83. The SMILES string of the molecule is CCC(C(=O)O)(C(=O)O)C(F)(F)C(F)(F)C(F)(F)C(F)(F)C(F)(F)C(F)(F)C(F)(F)C(F)(F)C(F)(F)C(F)(F)F. The van der Waals surface area contributed by atoms with Gasteiger partial charge in [-0.2, -0.15) is 92.2 Å². The molecule has 0 aromatic rings. The molecule has 0 aliphatic carbocycles. The van der Waals surface area contributed by atoms with Crippen molar-refractivity contribution < 1.29 is 112 Å². The lowest BCUT2D eigenvalue weighted by Crippen LogP contribution is -2.78. The largest absolute Gasteiger partial charge is 0.480 e. The highest BCUT2D eigenvalue weighted by Crippen LogP contribution is 2.67. The third-order valence-corrected chi connectivity index (χ3v) is 5.31. The Morgan fingerprint density at radius 2 is 0.575 bits per heavy atom. The van der Waals surface area contributed by atoms with Crippen LogP contribution in [0.4, 0.5) is 92.2 Å². The molecule has 0 aromatic carbocycles. The summed E-state index contributed by atoms with van der Waals surface area (Å²) in [6.07, 6.45) is -10.6. The molecule has 0 aliphatic heterocycles. The van der Waals surface area contributed by atoms with E-state index in [0.717, 1.165) is 0 Å². The molecule has 0 spiro atoms. The van der Waals surface area contributed by atoms with Crippen molar-refractivity contribution in [2.75, 3.05) is 0 Å². The van der Waals surface area contributed by atoms with E-state index in [0.29, 0.717) is 0 Å². The van der Waals surface area contributed by atoms with Crippen LogP contribution in [0.2, 0.25) is 0 Å². The van der Waals surface area contributed by atoms with E-state index in [1.54, 1.807) is 0 Å². The van der Waals surface area contributed by atoms with Gasteiger partial charge in [0, 0.05) is 0 Å². The fourth-order valence-electron chi connectivity index (χ4n) is 2.71. The van der Waals surface area contributed by atoms with Crippen LogP contribution in [0.25, 0.3) is 0 Å². The Morgan fingerprint density at radius 1 is 0.400 bits per heavy atom. The van der Waals surface area contributed by atoms with Crippen LogP contribution < -0.4 is 0 Å². The molecule has 0 heterocycles. The third kappa shape index (κ3) is 4.01. The molecule has 0 rings (SSSR count). The van der Waals surface area contributed by atoms with Crippen LogP contribution in [-0.4, -0.2) is 81.6 Å². The van der Waals surface area contributed by atoms with Crippen LogP contribution in [-0.2, 0) is 9.59 Å². The summed E-state index contributed by atoms with van der Waals surface area (Å²) in [5, 5.41) is 17.1. The quantitative estimate of drug-likeness (QED) is 0.180. The van der Waals surface area contributed by atoms with Crippen LogP contribution >= 0.6 is 0 Å². The minimum atomic E-state index is -9.42. The fraction of sp³-hybridized carbons (Fsp3) is 0.867. The van der Waals surface area contributed by atoms with Crippen molar-refractivity contribution in [2.45, 2.75) is 72.8 Å². The minimum absolute atomic E-state index is 0.172. The molecule has 0 atom stereocenters. The van der Waals surface area contributed by atoms with Crippen LogP contribution in [0.3, 0.4) is 0 Å². The van der Waals surface area contributed by atoms with Crippen LogP contribution in [0.15, 0.2) is 0 Å². The fourth-order valence-corrected chi connectivity index (χ4v) is 2.71. The molecule has 25 heteroatoms. The van der Waals surface area contributed by atoms with E-state index in [1.807, 2.05) is 0 Å². The average molecular weight is 650 g/mol. The summed E-state index contributed by atoms with van der Waals surface area (Å²) in [4.78, 5) is 21.8. The van der Waals surface area contributed by atoms with Crippen LogP contribution in [0.1, 0.15) is 13.3 Å². The normalized spacial score (nSPS) is 16.2. The summed E-state index contributed by atoms with van der Waals surface area (Å²) in [6, 6.07) is 0. The zero-order chi connectivity index (χ0) is 33.4. The molecule has 0 bridgehead atoms. The second-order valence-electron chi connectivity index (χ2n) is 7.54. The molecule has 0 saturated heterocycles. The Hall–Kier alpha value is -2.53. The van der Waals surface area contributed by atoms with Crippen molar-refractivity contribution in [2.24, 2.45) is 5.41 Å². The van der Waals surface area contributed by atoms with Crippen molar-refractivity contribution in [1.82, 2.24) is 0 Å². The van der Waals surface area contributed by atoms with E-state index in [2.05, 4.69) is 0 Å². The highest BCUT2D eigenvalue weighted by molar-refractivity contribution is 5.99. The van der Waals surface area contributed by atoms with E-state index in [4.69, 9.17) is 10.2 Å². The van der Waals surface area contributed by atoms with Gasteiger partial charge in [-0.05, 0) is 6.42 Å². The number of alkyl halides is 21. The molecule has 4 nitrogen and oxygen atoms in total. The van der Waals surface area contributed by atoms with Gasteiger partial charge in [-0.1, -0.05) is 6.92 Å². The van der Waals surface area contributed by atoms with Crippen molar-refractivity contribution >= 4 is 11.9 Å². The van der Waals surface area contributed by atoms with Gasteiger partial charge in [-0.3, -0.25) is 9.59 Å². The Morgan fingerprint density at radius 3 is 0.725 bits per heavy atom. The lowest BCUT2D eigenvalue weighted by Gasteiger charge is -2.46. The van der Waals surface area contributed by atoms with Crippen molar-refractivity contribution in [3.63, 3.8) is 0 Å². The Labute approximate surface area is 203 Å². The number of carbonyl (C=O) groups is 2. The smallest absolute Gasteiger partial charge is 0.460 e. The van der Waals surface area contributed by atoms with E-state index in [9.17, 15) is 102 Å². The van der Waals surface area contributed by atoms with Crippen molar-refractivity contribution in [3.05, 3.63) is 0 Å². The summed E-state index contributed by atoms with van der Waals surface area (Å²) in [6.45, 7) is -0.172. The number of aliphatic carboxylic acids is 2. The van der Waals surface area contributed by atoms with Crippen LogP contribution in [0, 0.1) is 5.41 Å². The molecule has 0 aromatic heterocycles. The van der Waals surface area contributed by atoms with E-state index < -0.39 is 83.3 Å². The monoisotopic (exact) mass is 650 g/mol. The number of hydrogen-bond donors (Lipinski definition) is 2. The summed E-state index contributed by atoms with van der Waals surface area (Å²) >= 11 is 0. The van der Waals surface area contributed by atoms with Gasteiger partial charge in [0.1, 0.15) is 0 Å². The van der Waals surface area contributed by atoms with Gasteiger partial charge in [0.2, 0.25) is 5.41 Å². The molecule has 2 N–H and O–H groups in total. The lowest BCUT2D eigenvalue weighted by atomic mass is 9.73. The molecule has 0 saturated carbocycles. The van der Waals surface area contributed by atoms with Crippen LogP contribution in [0.5, 0.6) is 0 Å². The average Bonchev–Trinajstić information content (AvgIpc) is 2.71.